The molecular weight excluding hydrogens is 807 g/mol. The van der Waals surface area contributed by atoms with Crippen LogP contribution in [0.5, 0.6) is 11.5 Å². The zero-order chi connectivity index (χ0) is 42.7. The van der Waals surface area contributed by atoms with E-state index in [0.717, 1.165) is 39.7 Å². The first-order valence-electron chi connectivity index (χ1n) is 22.4. The summed E-state index contributed by atoms with van der Waals surface area (Å²) in [4.78, 5) is 5.13. The maximum absolute atomic E-state index is 6.73. The van der Waals surface area contributed by atoms with E-state index in [1.165, 1.54) is 76.6 Å². The number of hydrogen-bond acceptors (Lipinski definition) is 3. The highest BCUT2D eigenvalue weighted by molar-refractivity contribution is 7.99. The van der Waals surface area contributed by atoms with Gasteiger partial charge < -0.3 is 9.64 Å². The van der Waals surface area contributed by atoms with Crippen LogP contribution in [0.25, 0.3) is 33.4 Å². The highest BCUT2D eigenvalue weighted by atomic mass is 32.2. The summed E-state index contributed by atoms with van der Waals surface area (Å²) in [5, 5.41) is 0. The van der Waals surface area contributed by atoms with Gasteiger partial charge in [0.2, 0.25) is 0 Å². The maximum atomic E-state index is 6.73. The van der Waals surface area contributed by atoms with Crippen molar-refractivity contribution >= 4 is 28.8 Å². The maximum Gasteiger partial charge on any atom is 0.132 e. The number of rotatable bonds is 4. The van der Waals surface area contributed by atoms with Crippen LogP contribution >= 0.6 is 11.8 Å². The zero-order valence-corrected chi connectivity index (χ0v) is 36.1. The summed E-state index contributed by atoms with van der Waals surface area (Å²) >= 11 is 1.88. The molecule has 0 unspecified atom stereocenters. The lowest BCUT2D eigenvalue weighted by molar-refractivity contribution is 0.436. The summed E-state index contributed by atoms with van der Waals surface area (Å²) in [5.74, 6) is 1.78. The summed E-state index contributed by atoms with van der Waals surface area (Å²) < 4.78 is 6.73. The van der Waals surface area contributed by atoms with Crippen molar-refractivity contribution in [1.29, 1.82) is 0 Å². The minimum Gasteiger partial charge on any atom is -0.457 e. The second-order valence-electron chi connectivity index (χ2n) is 17.5. The van der Waals surface area contributed by atoms with Crippen molar-refractivity contribution in [2.45, 2.75) is 20.6 Å². The fraction of sp³-hybridized carbons (Fsp3) is 0.0323. The molecule has 2 aliphatic heterocycles. The SMILES string of the molecule is c1ccc(-c2cccc(N(c3ccc4c(c3)C3(c5ccccc5Sc5ccccc53)c3ccccc3-4)c3cccc4c3-c3ccccc3C43c4ccccc4Oc4ccccc43)c2)cc1. The van der Waals surface area contributed by atoms with Gasteiger partial charge in [0.25, 0.3) is 0 Å². The lowest BCUT2D eigenvalue weighted by atomic mass is 9.66. The first-order chi connectivity index (χ1) is 32.2. The third-order valence-electron chi connectivity index (χ3n) is 14.4. The van der Waals surface area contributed by atoms with Gasteiger partial charge in [-0.05, 0) is 116 Å². The van der Waals surface area contributed by atoms with Crippen molar-refractivity contribution in [3.05, 3.63) is 281 Å². The molecule has 2 spiro atoms. The number of para-hydroxylation sites is 2. The lowest BCUT2D eigenvalue weighted by Crippen LogP contribution is -2.32. The Morgan fingerprint density at radius 1 is 0.323 bits per heavy atom. The summed E-state index contributed by atoms with van der Waals surface area (Å²) in [6.07, 6.45) is 0. The third kappa shape index (κ3) is 4.91. The molecule has 0 aromatic heterocycles. The first-order valence-corrected chi connectivity index (χ1v) is 23.2. The van der Waals surface area contributed by atoms with Crippen LogP contribution in [0.1, 0.15) is 44.5 Å². The van der Waals surface area contributed by atoms with E-state index in [1.807, 2.05) is 11.8 Å². The minimum atomic E-state index is -0.595. The molecule has 0 saturated carbocycles. The van der Waals surface area contributed by atoms with Crippen LogP contribution in [0.3, 0.4) is 0 Å². The van der Waals surface area contributed by atoms with Gasteiger partial charge in [0.1, 0.15) is 11.5 Å². The Bertz CT molecular complexity index is 3500. The average molecular weight is 846 g/mol. The molecule has 304 valence electrons. The zero-order valence-electron chi connectivity index (χ0n) is 35.3. The Labute approximate surface area is 383 Å². The molecule has 0 amide bonds. The number of anilines is 3. The number of benzene rings is 10. The van der Waals surface area contributed by atoms with E-state index in [-0.39, 0.29) is 0 Å². The van der Waals surface area contributed by atoms with E-state index in [4.69, 9.17) is 4.74 Å². The minimum absolute atomic E-state index is 0.511. The molecule has 3 heteroatoms. The van der Waals surface area contributed by atoms with Crippen LogP contribution in [0.4, 0.5) is 17.1 Å². The van der Waals surface area contributed by atoms with Gasteiger partial charge in [0.15, 0.2) is 0 Å². The summed E-state index contributed by atoms with van der Waals surface area (Å²) in [6.45, 7) is 0. The van der Waals surface area contributed by atoms with Crippen molar-refractivity contribution < 1.29 is 4.74 Å². The Kier molecular flexibility index (Phi) is 7.79. The molecule has 0 radical (unpaired) electrons. The highest BCUT2D eigenvalue weighted by Crippen LogP contribution is 2.66. The average Bonchev–Trinajstić information content (AvgIpc) is 3.83. The molecule has 0 fully saturated rings. The van der Waals surface area contributed by atoms with E-state index in [1.54, 1.807) is 0 Å². The molecule has 2 heterocycles. The van der Waals surface area contributed by atoms with Gasteiger partial charge in [0, 0.05) is 37.9 Å². The van der Waals surface area contributed by atoms with E-state index in [0.29, 0.717) is 0 Å². The Morgan fingerprint density at radius 2 is 0.815 bits per heavy atom. The fourth-order valence-electron chi connectivity index (χ4n) is 11.9. The predicted octanol–water partition coefficient (Wildman–Crippen LogP) is 16.1. The van der Waals surface area contributed by atoms with E-state index < -0.39 is 10.8 Å². The Morgan fingerprint density at radius 3 is 1.52 bits per heavy atom. The smallest absolute Gasteiger partial charge is 0.132 e. The second-order valence-corrected chi connectivity index (χ2v) is 18.5. The fourth-order valence-corrected chi connectivity index (χ4v) is 13.1. The Balaban J connectivity index is 1.08. The normalized spacial score (nSPS) is 14.5. The van der Waals surface area contributed by atoms with Crippen molar-refractivity contribution in [3.8, 4) is 44.9 Å². The molecule has 2 nitrogen and oxygen atoms in total. The van der Waals surface area contributed by atoms with Gasteiger partial charge in [0.05, 0.1) is 16.5 Å². The predicted molar refractivity (Wildman–Crippen MR) is 265 cm³/mol. The molecule has 0 saturated heterocycles. The van der Waals surface area contributed by atoms with Gasteiger partial charge in [-0.15, -0.1) is 0 Å². The molecule has 0 atom stereocenters. The summed E-state index contributed by atoms with van der Waals surface area (Å²) in [6, 6.07) is 87.6. The number of ether oxygens (including phenoxy) is 1. The van der Waals surface area contributed by atoms with E-state index >= 15 is 0 Å². The van der Waals surface area contributed by atoms with Crippen LogP contribution in [0, 0.1) is 0 Å². The monoisotopic (exact) mass is 845 g/mol. The van der Waals surface area contributed by atoms with Crippen LogP contribution < -0.4 is 9.64 Å². The molecule has 2 aliphatic carbocycles. The topological polar surface area (TPSA) is 12.5 Å². The number of nitrogens with zero attached hydrogens (tertiary/aromatic N) is 1. The standard InChI is InChI=1S/C62H39NOS/c1-2-18-40(19-3-1)41-20-16-21-42(38-41)63(43-36-37-45-44-22-4-6-24-47(44)62(54(45)39-43)51-28-10-14-34-58(51)65-59-35-15-11-29-52(59)62)55-31-17-30-53-60(55)46-23-5-7-25-48(46)61(53)49-26-8-12-32-56(49)64-57-33-13-9-27-50(57)61/h1-39H. The molecule has 0 N–H and O–H groups in total. The molecule has 4 aliphatic rings. The number of fused-ring (bicyclic) bond motifs is 18. The van der Waals surface area contributed by atoms with Crippen molar-refractivity contribution in [2.24, 2.45) is 0 Å². The Hall–Kier alpha value is -7.85. The molecule has 10 aromatic carbocycles. The largest absolute Gasteiger partial charge is 0.457 e. The molecule has 14 rings (SSSR count). The first kappa shape index (κ1) is 36.6. The summed E-state index contributed by atoms with van der Waals surface area (Å²) in [5.41, 5.74) is 19.7. The van der Waals surface area contributed by atoms with Gasteiger partial charge in [-0.25, -0.2) is 0 Å². The second kappa shape index (κ2) is 13.8. The molecule has 65 heavy (non-hydrogen) atoms. The van der Waals surface area contributed by atoms with Gasteiger partial charge in [-0.1, -0.05) is 194 Å². The quantitative estimate of drug-likeness (QED) is 0.175. The lowest BCUT2D eigenvalue weighted by Gasteiger charge is -2.40. The molecule has 10 aromatic rings. The van der Waals surface area contributed by atoms with Crippen molar-refractivity contribution in [2.75, 3.05) is 4.90 Å². The van der Waals surface area contributed by atoms with Crippen LogP contribution in [-0.4, -0.2) is 0 Å². The van der Waals surface area contributed by atoms with Gasteiger partial charge >= 0.3 is 0 Å². The van der Waals surface area contributed by atoms with Gasteiger partial charge in [-0.2, -0.15) is 0 Å². The van der Waals surface area contributed by atoms with Crippen LogP contribution in [0.15, 0.2) is 246 Å². The van der Waals surface area contributed by atoms with Crippen LogP contribution in [0.2, 0.25) is 0 Å². The number of hydrogen-bond donors (Lipinski definition) is 0. The molecule has 0 bridgehead atoms. The summed E-state index contributed by atoms with van der Waals surface area (Å²) in [7, 11) is 0. The van der Waals surface area contributed by atoms with E-state index in [9.17, 15) is 0 Å². The van der Waals surface area contributed by atoms with Gasteiger partial charge in [-0.3, -0.25) is 0 Å². The molecular formula is C62H39NOS. The van der Waals surface area contributed by atoms with Crippen LogP contribution in [-0.2, 0) is 10.8 Å². The van der Waals surface area contributed by atoms with Crippen molar-refractivity contribution in [3.63, 3.8) is 0 Å². The van der Waals surface area contributed by atoms with Crippen molar-refractivity contribution in [1.82, 2.24) is 0 Å². The highest BCUT2D eigenvalue weighted by Gasteiger charge is 2.53. The van der Waals surface area contributed by atoms with E-state index in [2.05, 4.69) is 241 Å². The third-order valence-corrected chi connectivity index (χ3v) is 15.5.